The molecule has 2 N–H and O–H groups in total. The van der Waals surface area contributed by atoms with Crippen LogP contribution < -0.4 is 5.32 Å². The Bertz CT molecular complexity index is 189. The summed E-state index contributed by atoms with van der Waals surface area (Å²) in [5.74, 6) is 2.25. The van der Waals surface area contributed by atoms with Gasteiger partial charge in [0.1, 0.15) is 0 Å². The van der Waals surface area contributed by atoms with Crippen molar-refractivity contribution >= 4 is 17.7 Å². The van der Waals surface area contributed by atoms with Crippen LogP contribution in [-0.2, 0) is 9.53 Å². The molecule has 1 rings (SSSR count). The van der Waals surface area contributed by atoms with E-state index in [4.69, 9.17) is 9.84 Å². The molecule has 0 bridgehead atoms. The monoisotopic (exact) mass is 233 g/mol. The van der Waals surface area contributed by atoms with E-state index >= 15 is 0 Å². The molecule has 0 aromatic heterocycles. The normalized spacial score (nSPS) is 22.7. The van der Waals surface area contributed by atoms with Gasteiger partial charge < -0.3 is 15.2 Å². The van der Waals surface area contributed by atoms with E-state index in [9.17, 15) is 4.79 Å². The second-order valence-electron chi connectivity index (χ2n) is 3.73. The highest BCUT2D eigenvalue weighted by Crippen LogP contribution is 2.23. The number of methoxy groups -OCH3 is 1. The zero-order chi connectivity index (χ0) is 11.1. The first kappa shape index (κ1) is 12.8. The first-order valence-corrected chi connectivity index (χ1v) is 6.41. The van der Waals surface area contributed by atoms with Crippen molar-refractivity contribution in [1.82, 2.24) is 5.32 Å². The molecular formula is C10H19NO3S. The maximum atomic E-state index is 11.7. The summed E-state index contributed by atoms with van der Waals surface area (Å²) in [4.78, 5) is 11.7. The minimum absolute atomic E-state index is 0.0573. The number of thioether (sulfide) groups is 1. The number of hydrogen-bond donors (Lipinski definition) is 2. The molecule has 0 aromatic rings. The molecule has 1 aliphatic rings. The topological polar surface area (TPSA) is 58.6 Å². The Labute approximate surface area is 94.8 Å². The van der Waals surface area contributed by atoms with Gasteiger partial charge in [-0.25, -0.2) is 0 Å². The lowest BCUT2D eigenvalue weighted by Crippen LogP contribution is -2.42. The van der Waals surface area contributed by atoms with Crippen molar-refractivity contribution in [2.24, 2.45) is 5.92 Å². The molecule has 1 aliphatic heterocycles. The van der Waals surface area contributed by atoms with Crippen LogP contribution in [0.25, 0.3) is 0 Å². The fourth-order valence-corrected chi connectivity index (χ4v) is 2.83. The SMILES string of the molecule is COCC(CCO)NC(=O)C1CCSC1. The van der Waals surface area contributed by atoms with Crippen molar-refractivity contribution < 1.29 is 14.6 Å². The fourth-order valence-electron chi connectivity index (χ4n) is 1.61. The highest BCUT2D eigenvalue weighted by Gasteiger charge is 2.24. The minimum Gasteiger partial charge on any atom is -0.396 e. The Kier molecular flexibility index (Phi) is 6.05. The van der Waals surface area contributed by atoms with Crippen molar-refractivity contribution in [2.45, 2.75) is 18.9 Å². The highest BCUT2D eigenvalue weighted by atomic mass is 32.2. The van der Waals surface area contributed by atoms with E-state index in [1.165, 1.54) is 0 Å². The van der Waals surface area contributed by atoms with E-state index in [1.807, 2.05) is 11.8 Å². The Morgan fingerprint density at radius 3 is 3.07 bits per heavy atom. The van der Waals surface area contributed by atoms with Crippen LogP contribution in [0.4, 0.5) is 0 Å². The van der Waals surface area contributed by atoms with Crippen LogP contribution in [-0.4, -0.2) is 48.9 Å². The third kappa shape index (κ3) is 4.40. The molecule has 0 saturated carbocycles. The molecule has 1 heterocycles. The Hall–Kier alpha value is -0.260. The van der Waals surface area contributed by atoms with Gasteiger partial charge in [-0.2, -0.15) is 11.8 Å². The van der Waals surface area contributed by atoms with Crippen LogP contribution in [0, 0.1) is 5.92 Å². The summed E-state index contributed by atoms with van der Waals surface area (Å²) in [5.41, 5.74) is 0. The lowest BCUT2D eigenvalue weighted by atomic mass is 10.1. The number of ether oxygens (including phenoxy) is 1. The lowest BCUT2D eigenvalue weighted by molar-refractivity contribution is -0.125. The summed E-state index contributed by atoms with van der Waals surface area (Å²) in [6, 6.07) is -0.0573. The van der Waals surface area contributed by atoms with E-state index < -0.39 is 0 Å². The first-order valence-electron chi connectivity index (χ1n) is 5.25. The molecule has 15 heavy (non-hydrogen) atoms. The average molecular weight is 233 g/mol. The standard InChI is InChI=1S/C10H19NO3S/c1-14-6-9(2-4-12)11-10(13)8-3-5-15-7-8/h8-9,12H,2-7H2,1H3,(H,11,13). The molecule has 2 atom stereocenters. The summed E-state index contributed by atoms with van der Waals surface area (Å²) < 4.78 is 4.99. The molecule has 1 saturated heterocycles. The largest absolute Gasteiger partial charge is 0.396 e. The number of carbonyl (C=O) groups is 1. The smallest absolute Gasteiger partial charge is 0.224 e. The number of rotatable bonds is 6. The van der Waals surface area contributed by atoms with Crippen molar-refractivity contribution in [1.29, 1.82) is 0 Å². The van der Waals surface area contributed by atoms with Crippen molar-refractivity contribution in [3.05, 3.63) is 0 Å². The van der Waals surface area contributed by atoms with Crippen molar-refractivity contribution in [3.8, 4) is 0 Å². The van der Waals surface area contributed by atoms with Gasteiger partial charge >= 0.3 is 0 Å². The number of aliphatic hydroxyl groups is 1. The van der Waals surface area contributed by atoms with Crippen LogP contribution >= 0.6 is 11.8 Å². The number of aliphatic hydroxyl groups excluding tert-OH is 1. The molecule has 2 unspecified atom stereocenters. The lowest BCUT2D eigenvalue weighted by Gasteiger charge is -2.19. The van der Waals surface area contributed by atoms with E-state index in [-0.39, 0.29) is 24.5 Å². The van der Waals surface area contributed by atoms with Crippen LogP contribution in [0.3, 0.4) is 0 Å². The van der Waals surface area contributed by atoms with Gasteiger partial charge in [-0.1, -0.05) is 0 Å². The molecule has 5 heteroatoms. The third-order valence-electron chi connectivity index (χ3n) is 2.49. The molecule has 1 amide bonds. The van der Waals surface area contributed by atoms with Gasteiger partial charge in [0.15, 0.2) is 0 Å². The van der Waals surface area contributed by atoms with E-state index in [2.05, 4.69) is 5.32 Å². The predicted octanol–water partition coefficient (Wildman–Crippen LogP) is 0.253. The molecular weight excluding hydrogens is 214 g/mol. The third-order valence-corrected chi connectivity index (χ3v) is 3.65. The first-order chi connectivity index (χ1) is 7.27. The Balaban J connectivity index is 2.31. The number of carbonyl (C=O) groups excluding carboxylic acids is 1. The average Bonchev–Trinajstić information content (AvgIpc) is 2.71. The number of hydrogen-bond acceptors (Lipinski definition) is 4. The van der Waals surface area contributed by atoms with Crippen LogP contribution in [0.2, 0.25) is 0 Å². The summed E-state index contributed by atoms with van der Waals surface area (Å²) >= 11 is 1.82. The molecule has 0 aliphatic carbocycles. The summed E-state index contributed by atoms with van der Waals surface area (Å²) in [5, 5.41) is 11.8. The second-order valence-corrected chi connectivity index (χ2v) is 4.88. The number of nitrogens with one attached hydrogen (secondary N) is 1. The van der Waals surface area contributed by atoms with Gasteiger partial charge in [0.2, 0.25) is 5.91 Å². The summed E-state index contributed by atoms with van der Waals surface area (Å²) in [7, 11) is 1.60. The van der Waals surface area contributed by atoms with Crippen molar-refractivity contribution in [2.75, 3.05) is 31.8 Å². The molecule has 0 aromatic carbocycles. The molecule has 0 radical (unpaired) electrons. The van der Waals surface area contributed by atoms with Crippen LogP contribution in [0.1, 0.15) is 12.8 Å². The second kappa shape index (κ2) is 7.09. The maximum absolute atomic E-state index is 11.7. The quantitative estimate of drug-likeness (QED) is 0.690. The van der Waals surface area contributed by atoms with Crippen LogP contribution in [0.5, 0.6) is 0 Å². The van der Waals surface area contributed by atoms with Gasteiger partial charge in [-0.05, 0) is 18.6 Å². The fraction of sp³-hybridized carbons (Fsp3) is 0.900. The van der Waals surface area contributed by atoms with E-state index in [1.54, 1.807) is 7.11 Å². The predicted molar refractivity (Wildman–Crippen MR) is 60.9 cm³/mol. The molecule has 88 valence electrons. The molecule has 4 nitrogen and oxygen atoms in total. The summed E-state index contributed by atoms with van der Waals surface area (Å²) in [6.07, 6.45) is 1.52. The Morgan fingerprint density at radius 1 is 1.73 bits per heavy atom. The number of amides is 1. The zero-order valence-electron chi connectivity index (χ0n) is 9.07. The highest BCUT2D eigenvalue weighted by molar-refractivity contribution is 7.99. The maximum Gasteiger partial charge on any atom is 0.224 e. The van der Waals surface area contributed by atoms with E-state index in [0.717, 1.165) is 17.9 Å². The minimum atomic E-state index is -0.0573. The van der Waals surface area contributed by atoms with Gasteiger partial charge in [-0.15, -0.1) is 0 Å². The van der Waals surface area contributed by atoms with Gasteiger partial charge in [0.05, 0.1) is 12.6 Å². The zero-order valence-corrected chi connectivity index (χ0v) is 9.89. The van der Waals surface area contributed by atoms with Gasteiger partial charge in [0, 0.05) is 25.4 Å². The summed E-state index contributed by atoms with van der Waals surface area (Å²) in [6.45, 7) is 0.542. The van der Waals surface area contributed by atoms with E-state index in [0.29, 0.717) is 13.0 Å². The van der Waals surface area contributed by atoms with Gasteiger partial charge in [0.25, 0.3) is 0 Å². The molecule has 0 spiro atoms. The van der Waals surface area contributed by atoms with Crippen molar-refractivity contribution in [3.63, 3.8) is 0 Å². The Morgan fingerprint density at radius 2 is 2.53 bits per heavy atom. The molecule has 1 fully saturated rings. The van der Waals surface area contributed by atoms with Crippen LogP contribution in [0.15, 0.2) is 0 Å². The van der Waals surface area contributed by atoms with Gasteiger partial charge in [-0.3, -0.25) is 4.79 Å².